The standard InChI is InChI=1S/C14H20ClNO2S/c1-2-19(17,18)14-6-4-3-5-13(14)16-12-9-7-11(15)8-10-12/h3-6,11-12,16H,2,7-10H2,1H3. The third kappa shape index (κ3) is 3.63. The Balaban J connectivity index is 2.17. The van der Waals surface area contributed by atoms with E-state index in [1.54, 1.807) is 19.1 Å². The zero-order valence-electron chi connectivity index (χ0n) is 11.1. The largest absolute Gasteiger partial charge is 0.381 e. The maximum Gasteiger partial charge on any atom is 0.180 e. The van der Waals surface area contributed by atoms with Crippen molar-refractivity contribution in [3.05, 3.63) is 24.3 Å². The van der Waals surface area contributed by atoms with Crippen molar-refractivity contribution >= 4 is 27.1 Å². The molecule has 5 heteroatoms. The monoisotopic (exact) mass is 301 g/mol. The Hall–Kier alpha value is -0.740. The number of alkyl halides is 1. The van der Waals surface area contributed by atoms with Crippen LogP contribution < -0.4 is 5.32 Å². The van der Waals surface area contributed by atoms with E-state index >= 15 is 0 Å². The second kappa shape index (κ2) is 6.14. The van der Waals surface area contributed by atoms with Gasteiger partial charge in [-0.3, -0.25) is 0 Å². The zero-order chi connectivity index (χ0) is 13.9. The van der Waals surface area contributed by atoms with Gasteiger partial charge in [0.15, 0.2) is 9.84 Å². The maximum absolute atomic E-state index is 12.1. The van der Waals surface area contributed by atoms with Gasteiger partial charge in [0, 0.05) is 11.4 Å². The quantitative estimate of drug-likeness (QED) is 0.867. The normalized spacial score (nSPS) is 24.1. The van der Waals surface area contributed by atoms with E-state index in [1.165, 1.54) is 0 Å². The summed E-state index contributed by atoms with van der Waals surface area (Å²) < 4.78 is 24.1. The highest BCUT2D eigenvalue weighted by atomic mass is 35.5. The lowest BCUT2D eigenvalue weighted by Crippen LogP contribution is -2.27. The molecule has 106 valence electrons. The lowest BCUT2D eigenvalue weighted by Gasteiger charge is -2.27. The second-order valence-corrected chi connectivity index (χ2v) is 7.86. The summed E-state index contributed by atoms with van der Waals surface area (Å²) in [6.07, 6.45) is 3.97. The molecule has 0 heterocycles. The molecule has 0 aliphatic heterocycles. The van der Waals surface area contributed by atoms with Gasteiger partial charge in [-0.15, -0.1) is 11.6 Å². The van der Waals surface area contributed by atoms with Crippen LogP contribution in [-0.4, -0.2) is 25.6 Å². The highest BCUT2D eigenvalue weighted by Gasteiger charge is 2.22. The topological polar surface area (TPSA) is 46.2 Å². The van der Waals surface area contributed by atoms with Crippen LogP contribution in [0.25, 0.3) is 0 Å². The van der Waals surface area contributed by atoms with Crippen molar-refractivity contribution in [1.82, 2.24) is 0 Å². The van der Waals surface area contributed by atoms with Gasteiger partial charge in [0.05, 0.1) is 16.3 Å². The molecule has 0 radical (unpaired) electrons. The zero-order valence-corrected chi connectivity index (χ0v) is 12.7. The third-order valence-corrected chi connectivity index (χ3v) is 5.84. The number of hydrogen-bond acceptors (Lipinski definition) is 3. The molecule has 1 aromatic rings. The molecule has 0 saturated heterocycles. The summed E-state index contributed by atoms with van der Waals surface area (Å²) in [4.78, 5) is 0.408. The van der Waals surface area contributed by atoms with E-state index in [9.17, 15) is 8.42 Å². The van der Waals surface area contributed by atoms with Gasteiger partial charge in [0.25, 0.3) is 0 Å². The Bertz CT molecular complexity index is 522. The molecule has 19 heavy (non-hydrogen) atoms. The molecule has 1 saturated carbocycles. The third-order valence-electron chi connectivity index (χ3n) is 3.62. The molecule has 2 rings (SSSR count). The highest BCUT2D eigenvalue weighted by molar-refractivity contribution is 7.91. The first-order valence-electron chi connectivity index (χ1n) is 6.75. The molecule has 0 spiro atoms. The minimum absolute atomic E-state index is 0.125. The van der Waals surface area contributed by atoms with Gasteiger partial charge in [-0.2, -0.15) is 0 Å². The maximum atomic E-state index is 12.1. The van der Waals surface area contributed by atoms with Crippen LogP contribution >= 0.6 is 11.6 Å². The summed E-state index contributed by atoms with van der Waals surface area (Å²) in [6.45, 7) is 1.67. The van der Waals surface area contributed by atoms with E-state index in [4.69, 9.17) is 11.6 Å². The summed E-state index contributed by atoms with van der Waals surface area (Å²) in [6, 6.07) is 7.47. The fourth-order valence-corrected chi connectivity index (χ4v) is 3.74. The first-order chi connectivity index (χ1) is 9.03. The van der Waals surface area contributed by atoms with E-state index in [0.717, 1.165) is 31.4 Å². The molecule has 0 amide bonds. The fourth-order valence-electron chi connectivity index (χ4n) is 2.43. The van der Waals surface area contributed by atoms with Crippen molar-refractivity contribution in [1.29, 1.82) is 0 Å². The van der Waals surface area contributed by atoms with Crippen LogP contribution in [0.15, 0.2) is 29.2 Å². The van der Waals surface area contributed by atoms with Crippen LogP contribution in [0.3, 0.4) is 0 Å². The predicted octanol–water partition coefficient (Wildman–Crippen LogP) is 3.44. The molecule has 0 aromatic heterocycles. The van der Waals surface area contributed by atoms with Gasteiger partial charge in [-0.1, -0.05) is 19.1 Å². The summed E-state index contributed by atoms with van der Waals surface area (Å²) in [5, 5.41) is 3.64. The smallest absolute Gasteiger partial charge is 0.180 e. The minimum Gasteiger partial charge on any atom is -0.381 e. The molecule has 1 fully saturated rings. The minimum atomic E-state index is -3.18. The predicted molar refractivity (Wildman–Crippen MR) is 79.7 cm³/mol. The van der Waals surface area contributed by atoms with Crippen LogP contribution in [0.1, 0.15) is 32.6 Å². The van der Waals surface area contributed by atoms with Gasteiger partial charge in [-0.05, 0) is 37.8 Å². The number of benzene rings is 1. The Morgan fingerprint density at radius 1 is 1.21 bits per heavy atom. The molecule has 0 atom stereocenters. The molecule has 1 aliphatic carbocycles. The average Bonchev–Trinajstić information content (AvgIpc) is 2.42. The molecule has 0 unspecified atom stereocenters. The molecule has 3 nitrogen and oxygen atoms in total. The number of halogens is 1. The summed E-state index contributed by atoms with van der Waals surface area (Å²) in [5.41, 5.74) is 0.724. The number of nitrogens with one attached hydrogen (secondary N) is 1. The van der Waals surface area contributed by atoms with Crippen molar-refractivity contribution < 1.29 is 8.42 Å². The Kier molecular flexibility index (Phi) is 4.74. The van der Waals surface area contributed by atoms with Crippen molar-refractivity contribution in [3.8, 4) is 0 Å². The lowest BCUT2D eigenvalue weighted by atomic mass is 9.95. The first kappa shape index (κ1) is 14.7. The van der Waals surface area contributed by atoms with E-state index in [2.05, 4.69) is 5.32 Å². The lowest BCUT2D eigenvalue weighted by molar-refractivity contribution is 0.468. The fraction of sp³-hybridized carbons (Fsp3) is 0.571. The van der Waals surface area contributed by atoms with Crippen LogP contribution in [-0.2, 0) is 9.84 Å². The SMILES string of the molecule is CCS(=O)(=O)c1ccccc1NC1CCC(Cl)CC1. The van der Waals surface area contributed by atoms with E-state index in [1.807, 2.05) is 12.1 Å². The van der Waals surface area contributed by atoms with Crippen molar-refractivity contribution in [2.75, 3.05) is 11.1 Å². The first-order valence-corrected chi connectivity index (χ1v) is 8.84. The van der Waals surface area contributed by atoms with Crippen molar-refractivity contribution in [3.63, 3.8) is 0 Å². The number of hydrogen-bond donors (Lipinski definition) is 1. The summed E-state index contributed by atoms with van der Waals surface area (Å²) in [5.74, 6) is 0.125. The molecule has 1 aromatic carbocycles. The van der Waals surface area contributed by atoms with Gasteiger partial charge in [0.2, 0.25) is 0 Å². The Morgan fingerprint density at radius 2 is 1.84 bits per heavy atom. The number of sulfone groups is 1. The average molecular weight is 302 g/mol. The van der Waals surface area contributed by atoms with Gasteiger partial charge in [0.1, 0.15) is 0 Å². The van der Waals surface area contributed by atoms with Crippen LogP contribution in [0, 0.1) is 0 Å². The molecule has 1 aliphatic rings. The molecule has 1 N–H and O–H groups in total. The van der Waals surface area contributed by atoms with E-state index < -0.39 is 9.84 Å². The Labute approximate surface area is 120 Å². The van der Waals surface area contributed by atoms with Gasteiger partial charge >= 0.3 is 0 Å². The van der Waals surface area contributed by atoms with Crippen LogP contribution in [0.2, 0.25) is 0 Å². The highest BCUT2D eigenvalue weighted by Crippen LogP contribution is 2.28. The van der Waals surface area contributed by atoms with E-state index in [0.29, 0.717) is 10.9 Å². The number of anilines is 1. The second-order valence-electron chi connectivity index (χ2n) is 4.99. The summed E-state index contributed by atoms with van der Waals surface area (Å²) in [7, 11) is -3.18. The van der Waals surface area contributed by atoms with E-state index in [-0.39, 0.29) is 11.1 Å². The number of rotatable bonds is 4. The van der Waals surface area contributed by atoms with Gasteiger partial charge in [-0.25, -0.2) is 8.42 Å². The van der Waals surface area contributed by atoms with Gasteiger partial charge < -0.3 is 5.32 Å². The van der Waals surface area contributed by atoms with Crippen molar-refractivity contribution in [2.45, 2.75) is 48.9 Å². The Morgan fingerprint density at radius 3 is 2.47 bits per heavy atom. The van der Waals surface area contributed by atoms with Crippen LogP contribution in [0.5, 0.6) is 0 Å². The molecule has 0 bridgehead atoms. The van der Waals surface area contributed by atoms with Crippen LogP contribution in [0.4, 0.5) is 5.69 Å². The molecular formula is C14H20ClNO2S. The summed E-state index contributed by atoms with van der Waals surface area (Å²) >= 11 is 6.09. The number of para-hydroxylation sites is 1. The molecular weight excluding hydrogens is 282 g/mol. The van der Waals surface area contributed by atoms with Crippen molar-refractivity contribution in [2.24, 2.45) is 0 Å².